The topological polar surface area (TPSA) is 34.1 Å². The number of hydrogen-bond donors (Lipinski definition) is 0. The summed E-state index contributed by atoms with van der Waals surface area (Å²) in [6, 6.07) is 16.9. The summed E-state index contributed by atoms with van der Waals surface area (Å²) in [4.78, 5) is 25.4. The molecule has 0 amide bonds. The van der Waals surface area contributed by atoms with Gasteiger partial charge in [-0.2, -0.15) is 0 Å². The Balaban J connectivity index is 1.74. The normalized spacial score (nSPS) is 19.0. The SMILES string of the molecule is O=Cc1ccc(C(=O)C2CCc3ccsc3C2c2ccc(Cl)cc2)cc1. The summed E-state index contributed by atoms with van der Waals surface area (Å²) in [5, 5.41) is 2.81. The van der Waals surface area contributed by atoms with Crippen LogP contribution in [0.25, 0.3) is 0 Å². The highest BCUT2D eigenvalue weighted by Gasteiger charge is 2.36. The first kappa shape index (κ1) is 17.2. The Labute approximate surface area is 161 Å². The molecule has 1 aromatic heterocycles. The zero-order valence-electron chi connectivity index (χ0n) is 14.0. The van der Waals surface area contributed by atoms with Gasteiger partial charge in [0.1, 0.15) is 6.29 Å². The van der Waals surface area contributed by atoms with Gasteiger partial charge in [0.15, 0.2) is 5.78 Å². The Hall–Kier alpha value is -2.23. The Morgan fingerprint density at radius 2 is 1.77 bits per heavy atom. The maximum absolute atomic E-state index is 13.3. The molecule has 1 aliphatic rings. The predicted octanol–water partition coefficient (Wildman–Crippen LogP) is 5.79. The molecule has 2 nitrogen and oxygen atoms in total. The van der Waals surface area contributed by atoms with Gasteiger partial charge in [-0.25, -0.2) is 0 Å². The van der Waals surface area contributed by atoms with Gasteiger partial charge in [0.05, 0.1) is 0 Å². The van der Waals surface area contributed by atoms with E-state index in [9.17, 15) is 9.59 Å². The van der Waals surface area contributed by atoms with Crippen molar-refractivity contribution >= 4 is 35.0 Å². The third-order valence-corrected chi connectivity index (χ3v) is 6.38. The lowest BCUT2D eigenvalue weighted by molar-refractivity contribution is 0.0896. The van der Waals surface area contributed by atoms with Gasteiger partial charge in [0, 0.05) is 32.9 Å². The third kappa shape index (κ3) is 3.13. The van der Waals surface area contributed by atoms with Crippen LogP contribution in [-0.2, 0) is 6.42 Å². The zero-order valence-corrected chi connectivity index (χ0v) is 15.6. The van der Waals surface area contributed by atoms with E-state index in [0.717, 1.165) is 24.7 Å². The van der Waals surface area contributed by atoms with Gasteiger partial charge in [-0.3, -0.25) is 9.59 Å². The van der Waals surface area contributed by atoms with Gasteiger partial charge >= 0.3 is 0 Å². The Bertz CT molecular complexity index is 941. The predicted molar refractivity (Wildman–Crippen MR) is 106 cm³/mol. The summed E-state index contributed by atoms with van der Waals surface area (Å²) in [5.41, 5.74) is 3.72. The maximum atomic E-state index is 13.3. The van der Waals surface area contributed by atoms with Gasteiger partial charge in [-0.1, -0.05) is 48.0 Å². The minimum Gasteiger partial charge on any atom is -0.298 e. The van der Waals surface area contributed by atoms with E-state index in [1.54, 1.807) is 35.6 Å². The van der Waals surface area contributed by atoms with E-state index in [0.29, 0.717) is 16.1 Å². The molecule has 0 spiro atoms. The van der Waals surface area contributed by atoms with Crippen LogP contribution < -0.4 is 0 Å². The van der Waals surface area contributed by atoms with Crippen LogP contribution in [0.15, 0.2) is 60.0 Å². The van der Waals surface area contributed by atoms with Crippen LogP contribution in [0.1, 0.15) is 49.1 Å². The number of halogens is 1. The molecule has 2 atom stereocenters. The second-order valence-electron chi connectivity index (χ2n) is 6.59. The summed E-state index contributed by atoms with van der Waals surface area (Å²) in [6.45, 7) is 0. The first-order valence-electron chi connectivity index (χ1n) is 8.58. The lowest BCUT2D eigenvalue weighted by atomic mass is 9.73. The van der Waals surface area contributed by atoms with Gasteiger partial charge < -0.3 is 0 Å². The molecule has 0 saturated carbocycles. The van der Waals surface area contributed by atoms with Crippen LogP contribution in [0.2, 0.25) is 5.02 Å². The second-order valence-corrected chi connectivity index (χ2v) is 7.97. The summed E-state index contributed by atoms with van der Waals surface area (Å²) in [7, 11) is 0. The molecule has 0 bridgehead atoms. The number of hydrogen-bond acceptors (Lipinski definition) is 3. The van der Waals surface area contributed by atoms with Gasteiger partial charge in [-0.05, 0) is 47.5 Å². The monoisotopic (exact) mass is 380 g/mol. The van der Waals surface area contributed by atoms with Crippen LogP contribution in [0.3, 0.4) is 0 Å². The van der Waals surface area contributed by atoms with E-state index in [1.165, 1.54) is 10.4 Å². The van der Waals surface area contributed by atoms with Crippen molar-refractivity contribution in [1.82, 2.24) is 0 Å². The van der Waals surface area contributed by atoms with E-state index in [4.69, 9.17) is 11.6 Å². The summed E-state index contributed by atoms with van der Waals surface area (Å²) in [5.74, 6) is 0.0834. The minimum absolute atomic E-state index is 0.0502. The molecular weight excluding hydrogens is 364 g/mol. The van der Waals surface area contributed by atoms with Crippen molar-refractivity contribution in [2.24, 2.45) is 5.92 Å². The highest BCUT2D eigenvalue weighted by atomic mass is 35.5. The molecule has 0 saturated heterocycles. The molecule has 3 aromatic rings. The third-order valence-electron chi connectivity index (χ3n) is 5.09. The van der Waals surface area contributed by atoms with Gasteiger partial charge in [0.2, 0.25) is 0 Å². The lowest BCUT2D eigenvalue weighted by Crippen LogP contribution is -2.27. The molecule has 4 heteroatoms. The number of benzene rings is 2. The number of carbonyl (C=O) groups is 2. The van der Waals surface area contributed by atoms with E-state index in [2.05, 4.69) is 11.4 Å². The van der Waals surface area contributed by atoms with Crippen LogP contribution in [0.5, 0.6) is 0 Å². The van der Waals surface area contributed by atoms with Gasteiger partial charge in [-0.15, -0.1) is 11.3 Å². The fourth-order valence-corrected chi connectivity index (χ4v) is 5.04. The van der Waals surface area contributed by atoms with Crippen molar-refractivity contribution in [3.63, 3.8) is 0 Å². The van der Waals surface area contributed by atoms with Crippen molar-refractivity contribution in [2.45, 2.75) is 18.8 Å². The molecule has 130 valence electrons. The molecule has 26 heavy (non-hydrogen) atoms. The van der Waals surface area contributed by atoms with Crippen molar-refractivity contribution in [3.8, 4) is 0 Å². The lowest BCUT2D eigenvalue weighted by Gasteiger charge is -2.31. The number of thiophene rings is 1. The highest BCUT2D eigenvalue weighted by Crippen LogP contribution is 2.45. The number of Topliss-reactive ketones (excluding diaryl/α,β-unsaturated/α-hetero) is 1. The van der Waals surface area contributed by atoms with E-state index < -0.39 is 0 Å². The standard InChI is InChI=1S/C22H17ClO2S/c23-18-8-5-15(6-9-18)20-19(10-7-17-11-12-26-22(17)20)21(25)16-3-1-14(13-24)2-4-16/h1-6,8-9,11-13,19-20H,7,10H2. The van der Waals surface area contributed by atoms with Crippen LogP contribution in [0.4, 0.5) is 0 Å². The molecule has 0 N–H and O–H groups in total. The van der Waals surface area contributed by atoms with Crippen molar-refractivity contribution in [1.29, 1.82) is 0 Å². The number of fused-ring (bicyclic) bond motifs is 1. The second kappa shape index (κ2) is 7.18. The van der Waals surface area contributed by atoms with Crippen molar-refractivity contribution in [2.75, 3.05) is 0 Å². The molecule has 1 heterocycles. The Morgan fingerprint density at radius 1 is 1.04 bits per heavy atom. The van der Waals surface area contributed by atoms with Crippen LogP contribution in [-0.4, -0.2) is 12.1 Å². The Morgan fingerprint density at radius 3 is 2.46 bits per heavy atom. The number of aryl methyl sites for hydroxylation is 1. The summed E-state index contributed by atoms with van der Waals surface area (Å²) in [6.07, 6.45) is 2.54. The maximum Gasteiger partial charge on any atom is 0.166 e. The number of ketones is 1. The largest absolute Gasteiger partial charge is 0.298 e. The van der Waals surface area contributed by atoms with E-state index in [1.807, 2.05) is 24.3 Å². The smallest absolute Gasteiger partial charge is 0.166 e. The average molecular weight is 381 g/mol. The first-order valence-corrected chi connectivity index (χ1v) is 9.84. The number of rotatable bonds is 4. The van der Waals surface area contributed by atoms with Crippen molar-refractivity contribution in [3.05, 3.63) is 92.1 Å². The van der Waals surface area contributed by atoms with Gasteiger partial charge in [0.25, 0.3) is 0 Å². The number of carbonyl (C=O) groups excluding carboxylic acids is 2. The number of aldehydes is 1. The fourth-order valence-electron chi connectivity index (χ4n) is 3.76. The van der Waals surface area contributed by atoms with Crippen molar-refractivity contribution < 1.29 is 9.59 Å². The average Bonchev–Trinajstić information content (AvgIpc) is 3.16. The summed E-state index contributed by atoms with van der Waals surface area (Å²) >= 11 is 7.78. The quantitative estimate of drug-likeness (QED) is 0.424. The molecule has 0 fully saturated rings. The fraction of sp³-hybridized carbons (Fsp3) is 0.182. The molecule has 2 aromatic carbocycles. The van der Waals surface area contributed by atoms with Crippen LogP contribution >= 0.6 is 22.9 Å². The molecule has 0 aliphatic heterocycles. The first-order chi connectivity index (χ1) is 12.7. The Kier molecular flexibility index (Phi) is 4.75. The van der Waals surface area contributed by atoms with E-state index in [-0.39, 0.29) is 17.6 Å². The zero-order chi connectivity index (χ0) is 18.1. The molecule has 1 aliphatic carbocycles. The molecule has 4 rings (SSSR count). The minimum atomic E-state index is -0.107. The molecule has 0 radical (unpaired) electrons. The highest BCUT2D eigenvalue weighted by molar-refractivity contribution is 7.10. The molecule has 2 unspecified atom stereocenters. The molecular formula is C22H17ClO2S. The van der Waals surface area contributed by atoms with Crippen LogP contribution in [0, 0.1) is 5.92 Å². The van der Waals surface area contributed by atoms with E-state index >= 15 is 0 Å². The summed E-state index contributed by atoms with van der Waals surface area (Å²) < 4.78 is 0.